The summed E-state index contributed by atoms with van der Waals surface area (Å²) in [5.41, 5.74) is 1.00. The standard InChI is InChI=1S/C15H21N5O3S2/c1-19(2)25(22,23)18-12-8-9-20(10-13(12)21)15-17-16-14(24-15)11-6-4-3-5-7-11/h3-7,12-13,18,21H,8-10H2,1-2H3/t12-,13-/m0/s1. The van der Waals surface area contributed by atoms with Gasteiger partial charge in [0.25, 0.3) is 10.2 Å². The summed E-state index contributed by atoms with van der Waals surface area (Å²) in [5, 5.41) is 20.3. The Balaban J connectivity index is 1.67. The summed E-state index contributed by atoms with van der Waals surface area (Å²) in [7, 11) is -0.656. The molecule has 0 bridgehead atoms. The first kappa shape index (κ1) is 18.2. The van der Waals surface area contributed by atoms with Crippen LogP contribution in [0.25, 0.3) is 10.6 Å². The first-order valence-electron chi connectivity index (χ1n) is 7.88. The van der Waals surface area contributed by atoms with E-state index in [0.29, 0.717) is 19.5 Å². The van der Waals surface area contributed by atoms with Gasteiger partial charge in [-0.15, -0.1) is 10.2 Å². The van der Waals surface area contributed by atoms with Gasteiger partial charge in [0.2, 0.25) is 5.13 Å². The summed E-state index contributed by atoms with van der Waals surface area (Å²) < 4.78 is 27.5. The normalized spacial score (nSPS) is 21.7. The number of nitrogens with zero attached hydrogens (tertiary/aromatic N) is 4. The molecule has 8 nitrogen and oxygen atoms in total. The topological polar surface area (TPSA) is 98.7 Å². The van der Waals surface area contributed by atoms with Crippen molar-refractivity contribution in [3.8, 4) is 10.6 Å². The van der Waals surface area contributed by atoms with Crippen molar-refractivity contribution in [2.45, 2.75) is 18.6 Å². The average molecular weight is 383 g/mol. The Morgan fingerprint density at radius 2 is 2.00 bits per heavy atom. The van der Waals surface area contributed by atoms with Gasteiger partial charge in [-0.1, -0.05) is 41.7 Å². The number of anilines is 1. The van der Waals surface area contributed by atoms with Crippen LogP contribution in [0.2, 0.25) is 0 Å². The number of hydrogen-bond donors (Lipinski definition) is 2. The Morgan fingerprint density at radius 1 is 1.28 bits per heavy atom. The van der Waals surface area contributed by atoms with Gasteiger partial charge in [-0.05, 0) is 6.42 Å². The highest BCUT2D eigenvalue weighted by Crippen LogP contribution is 2.30. The first-order chi connectivity index (χ1) is 11.9. The Kier molecular flexibility index (Phi) is 5.35. The highest BCUT2D eigenvalue weighted by atomic mass is 32.2. The molecule has 3 rings (SSSR count). The second kappa shape index (κ2) is 7.34. The summed E-state index contributed by atoms with van der Waals surface area (Å²) in [6.45, 7) is 0.908. The lowest BCUT2D eigenvalue weighted by molar-refractivity contribution is 0.124. The summed E-state index contributed by atoms with van der Waals surface area (Å²) in [5.74, 6) is 0. The van der Waals surface area contributed by atoms with E-state index in [4.69, 9.17) is 0 Å². The summed E-state index contributed by atoms with van der Waals surface area (Å²) in [6.07, 6.45) is -0.318. The van der Waals surface area contributed by atoms with Crippen LogP contribution < -0.4 is 9.62 Å². The number of aromatic nitrogens is 2. The van der Waals surface area contributed by atoms with Crippen LogP contribution in [0.1, 0.15) is 6.42 Å². The fraction of sp³-hybridized carbons (Fsp3) is 0.467. The van der Waals surface area contributed by atoms with Gasteiger partial charge in [0.05, 0.1) is 12.1 Å². The Bertz CT molecular complexity index is 810. The van der Waals surface area contributed by atoms with E-state index >= 15 is 0 Å². The molecule has 1 aromatic carbocycles. The number of rotatable bonds is 5. The van der Waals surface area contributed by atoms with Crippen molar-refractivity contribution in [3.05, 3.63) is 30.3 Å². The minimum atomic E-state index is -3.57. The number of benzene rings is 1. The molecule has 0 saturated carbocycles. The SMILES string of the molecule is CN(C)S(=O)(=O)N[C@H]1CCN(c2nnc(-c3ccccc3)s2)C[C@@H]1O. The summed E-state index contributed by atoms with van der Waals surface area (Å²) >= 11 is 1.46. The Hall–Kier alpha value is -1.59. The van der Waals surface area contributed by atoms with Crippen LogP contribution in [-0.4, -0.2) is 67.4 Å². The summed E-state index contributed by atoms with van der Waals surface area (Å²) in [6, 6.07) is 9.28. The molecule has 2 heterocycles. The number of aliphatic hydroxyl groups excluding tert-OH is 1. The first-order valence-corrected chi connectivity index (χ1v) is 10.1. The zero-order chi connectivity index (χ0) is 18.0. The second-order valence-corrected chi connectivity index (χ2v) is 8.94. The monoisotopic (exact) mass is 383 g/mol. The predicted molar refractivity (Wildman–Crippen MR) is 97.7 cm³/mol. The molecule has 136 valence electrons. The molecule has 2 atom stereocenters. The minimum Gasteiger partial charge on any atom is -0.390 e. The van der Waals surface area contributed by atoms with Crippen LogP contribution in [0.5, 0.6) is 0 Å². The van der Waals surface area contributed by atoms with Crippen molar-refractivity contribution in [3.63, 3.8) is 0 Å². The zero-order valence-electron chi connectivity index (χ0n) is 14.0. The lowest BCUT2D eigenvalue weighted by Crippen LogP contribution is -2.55. The molecule has 2 aromatic rings. The Labute approximate surface area is 151 Å². The fourth-order valence-corrected chi connectivity index (χ4v) is 4.33. The molecule has 1 saturated heterocycles. The maximum absolute atomic E-state index is 11.9. The molecule has 1 aromatic heterocycles. The Morgan fingerprint density at radius 3 is 2.64 bits per heavy atom. The van der Waals surface area contributed by atoms with Gasteiger partial charge in [0, 0.05) is 32.7 Å². The fourth-order valence-electron chi connectivity index (χ4n) is 2.58. The van der Waals surface area contributed by atoms with E-state index in [2.05, 4.69) is 14.9 Å². The molecule has 25 heavy (non-hydrogen) atoms. The molecular weight excluding hydrogens is 362 g/mol. The van der Waals surface area contributed by atoms with Crippen LogP contribution in [0.3, 0.4) is 0 Å². The number of aliphatic hydroxyl groups is 1. The van der Waals surface area contributed by atoms with E-state index in [9.17, 15) is 13.5 Å². The number of β-amino-alcohol motifs (C(OH)–C–C–N with tert-alkyl or cyclic N) is 1. The third kappa shape index (κ3) is 4.15. The van der Waals surface area contributed by atoms with Crippen LogP contribution in [0.15, 0.2) is 30.3 Å². The maximum Gasteiger partial charge on any atom is 0.279 e. The molecule has 0 spiro atoms. The van der Waals surface area contributed by atoms with Gasteiger partial charge in [0.15, 0.2) is 0 Å². The smallest absolute Gasteiger partial charge is 0.279 e. The molecule has 10 heteroatoms. The van der Waals surface area contributed by atoms with Crippen molar-refractivity contribution in [1.82, 2.24) is 19.2 Å². The number of piperidine rings is 1. The van der Waals surface area contributed by atoms with Gasteiger partial charge < -0.3 is 10.0 Å². The third-order valence-corrected chi connectivity index (χ3v) is 6.66. The van der Waals surface area contributed by atoms with E-state index in [1.165, 1.54) is 25.4 Å². The molecular formula is C15H21N5O3S2. The largest absolute Gasteiger partial charge is 0.390 e. The van der Waals surface area contributed by atoms with Crippen molar-refractivity contribution in [1.29, 1.82) is 0 Å². The lowest BCUT2D eigenvalue weighted by Gasteiger charge is -2.36. The van der Waals surface area contributed by atoms with Gasteiger partial charge in [0.1, 0.15) is 5.01 Å². The van der Waals surface area contributed by atoms with Crippen LogP contribution in [-0.2, 0) is 10.2 Å². The minimum absolute atomic E-state index is 0.310. The van der Waals surface area contributed by atoms with Crippen LogP contribution in [0, 0.1) is 0 Å². The quantitative estimate of drug-likeness (QED) is 0.782. The van der Waals surface area contributed by atoms with Crippen LogP contribution in [0.4, 0.5) is 5.13 Å². The lowest BCUT2D eigenvalue weighted by atomic mass is 10.0. The van der Waals surface area contributed by atoms with E-state index < -0.39 is 22.4 Å². The molecule has 1 aliphatic heterocycles. The molecule has 2 N–H and O–H groups in total. The number of hydrogen-bond acceptors (Lipinski definition) is 7. The highest BCUT2D eigenvalue weighted by molar-refractivity contribution is 7.87. The van der Waals surface area contributed by atoms with Crippen molar-refractivity contribution >= 4 is 26.7 Å². The van der Waals surface area contributed by atoms with Crippen molar-refractivity contribution in [2.24, 2.45) is 0 Å². The van der Waals surface area contributed by atoms with E-state index in [1.807, 2.05) is 35.2 Å². The zero-order valence-corrected chi connectivity index (χ0v) is 15.7. The van der Waals surface area contributed by atoms with E-state index in [1.54, 1.807) is 0 Å². The molecule has 0 radical (unpaired) electrons. The van der Waals surface area contributed by atoms with Crippen molar-refractivity contribution in [2.75, 3.05) is 32.1 Å². The average Bonchev–Trinajstić information content (AvgIpc) is 3.07. The van der Waals surface area contributed by atoms with Gasteiger partial charge in [-0.2, -0.15) is 17.4 Å². The number of nitrogens with one attached hydrogen (secondary N) is 1. The highest BCUT2D eigenvalue weighted by Gasteiger charge is 2.32. The third-order valence-electron chi connectivity index (χ3n) is 4.07. The van der Waals surface area contributed by atoms with E-state index in [-0.39, 0.29) is 0 Å². The van der Waals surface area contributed by atoms with Gasteiger partial charge in [-0.3, -0.25) is 0 Å². The predicted octanol–water partition coefficient (Wildman–Crippen LogP) is 0.541. The molecule has 0 unspecified atom stereocenters. The van der Waals surface area contributed by atoms with Crippen LogP contribution >= 0.6 is 11.3 Å². The molecule has 1 aliphatic rings. The second-order valence-electron chi connectivity index (χ2n) is 6.07. The van der Waals surface area contributed by atoms with Crippen molar-refractivity contribution < 1.29 is 13.5 Å². The summed E-state index contributed by atoms with van der Waals surface area (Å²) in [4.78, 5) is 1.94. The molecule has 1 fully saturated rings. The van der Waals surface area contributed by atoms with Gasteiger partial charge in [-0.25, -0.2) is 0 Å². The van der Waals surface area contributed by atoms with Gasteiger partial charge >= 0.3 is 0 Å². The molecule has 0 aliphatic carbocycles. The van der Waals surface area contributed by atoms with E-state index in [0.717, 1.165) is 20.0 Å². The maximum atomic E-state index is 11.9. The molecule has 0 amide bonds.